The SMILES string of the molecule is NS(=O)(=O)c1ccc(OCCOC(=O)c2cnc(Cl)c(Cl)c2)cc1. The molecule has 24 heavy (non-hydrogen) atoms. The van der Waals surface area contributed by atoms with Gasteiger partial charge in [-0.05, 0) is 30.3 Å². The monoisotopic (exact) mass is 390 g/mol. The van der Waals surface area contributed by atoms with Crippen molar-refractivity contribution in [1.82, 2.24) is 4.98 Å². The Bertz CT molecular complexity index is 841. The van der Waals surface area contributed by atoms with Crippen molar-refractivity contribution in [3.8, 4) is 5.75 Å². The standard InChI is InChI=1S/C14H12Cl2N2O5S/c15-12-7-9(8-18-13(12)16)14(19)23-6-5-22-10-1-3-11(4-2-10)24(17,20)21/h1-4,7-8H,5-6H2,(H2,17,20,21). The van der Waals surface area contributed by atoms with Gasteiger partial charge in [0.25, 0.3) is 0 Å². The number of nitrogens with zero attached hydrogens (tertiary/aromatic N) is 1. The first-order valence-electron chi connectivity index (χ1n) is 6.51. The lowest BCUT2D eigenvalue weighted by atomic mass is 10.3. The second-order valence-electron chi connectivity index (χ2n) is 4.50. The van der Waals surface area contributed by atoms with Crippen molar-refractivity contribution in [2.45, 2.75) is 4.90 Å². The number of sulfonamides is 1. The van der Waals surface area contributed by atoms with Gasteiger partial charge in [-0.3, -0.25) is 0 Å². The third kappa shape index (κ3) is 5.07. The summed E-state index contributed by atoms with van der Waals surface area (Å²) in [6.07, 6.45) is 1.25. The minimum Gasteiger partial charge on any atom is -0.490 e. The van der Waals surface area contributed by atoms with E-state index in [2.05, 4.69) is 4.98 Å². The van der Waals surface area contributed by atoms with E-state index in [1.807, 2.05) is 0 Å². The number of pyridine rings is 1. The van der Waals surface area contributed by atoms with Crippen molar-refractivity contribution >= 4 is 39.2 Å². The van der Waals surface area contributed by atoms with Crippen LogP contribution in [0.5, 0.6) is 5.75 Å². The Balaban J connectivity index is 1.82. The van der Waals surface area contributed by atoms with E-state index in [0.717, 1.165) is 0 Å². The number of carbonyl (C=O) groups excluding carboxylic acids is 1. The van der Waals surface area contributed by atoms with E-state index in [9.17, 15) is 13.2 Å². The van der Waals surface area contributed by atoms with Crippen LogP contribution in [-0.4, -0.2) is 32.6 Å². The van der Waals surface area contributed by atoms with E-state index in [1.54, 1.807) is 0 Å². The molecule has 0 bridgehead atoms. The normalized spacial score (nSPS) is 11.1. The van der Waals surface area contributed by atoms with Gasteiger partial charge < -0.3 is 9.47 Å². The number of rotatable bonds is 6. The molecule has 0 spiro atoms. The van der Waals surface area contributed by atoms with Crippen LogP contribution in [-0.2, 0) is 14.8 Å². The van der Waals surface area contributed by atoms with Crippen molar-refractivity contribution in [1.29, 1.82) is 0 Å². The van der Waals surface area contributed by atoms with Crippen LogP contribution in [0.25, 0.3) is 0 Å². The Morgan fingerprint density at radius 1 is 1.17 bits per heavy atom. The number of esters is 1. The van der Waals surface area contributed by atoms with Gasteiger partial charge >= 0.3 is 5.97 Å². The molecule has 0 amide bonds. The molecule has 2 rings (SSSR count). The van der Waals surface area contributed by atoms with Crippen molar-refractivity contribution in [3.63, 3.8) is 0 Å². The van der Waals surface area contributed by atoms with Crippen LogP contribution < -0.4 is 9.88 Å². The Morgan fingerprint density at radius 2 is 1.83 bits per heavy atom. The smallest absolute Gasteiger partial charge is 0.339 e. The number of ether oxygens (including phenoxy) is 2. The molecule has 0 aliphatic rings. The lowest BCUT2D eigenvalue weighted by Crippen LogP contribution is -2.13. The Morgan fingerprint density at radius 3 is 2.42 bits per heavy atom. The second kappa shape index (κ2) is 7.80. The van der Waals surface area contributed by atoms with Crippen LogP contribution in [0.2, 0.25) is 10.2 Å². The van der Waals surface area contributed by atoms with E-state index in [4.69, 9.17) is 37.8 Å². The fraction of sp³-hybridized carbons (Fsp3) is 0.143. The average Bonchev–Trinajstić information content (AvgIpc) is 2.53. The second-order valence-corrected chi connectivity index (χ2v) is 6.82. The summed E-state index contributed by atoms with van der Waals surface area (Å²) in [6, 6.07) is 6.89. The molecule has 1 aromatic carbocycles. The zero-order valence-corrected chi connectivity index (χ0v) is 14.4. The molecule has 0 saturated heterocycles. The lowest BCUT2D eigenvalue weighted by molar-refractivity contribution is 0.0450. The summed E-state index contributed by atoms with van der Waals surface area (Å²) < 4.78 is 32.6. The van der Waals surface area contributed by atoms with Gasteiger partial charge in [-0.25, -0.2) is 23.3 Å². The molecule has 1 heterocycles. The van der Waals surface area contributed by atoms with Crippen LogP contribution in [0.15, 0.2) is 41.4 Å². The van der Waals surface area contributed by atoms with Gasteiger partial charge in [0.1, 0.15) is 24.1 Å². The molecular weight excluding hydrogens is 379 g/mol. The van der Waals surface area contributed by atoms with Crippen molar-refractivity contribution in [2.75, 3.05) is 13.2 Å². The quantitative estimate of drug-likeness (QED) is 0.460. The third-order valence-corrected chi connectivity index (χ3v) is 4.38. The summed E-state index contributed by atoms with van der Waals surface area (Å²) in [7, 11) is -3.74. The first-order valence-corrected chi connectivity index (χ1v) is 8.81. The molecule has 0 unspecified atom stereocenters. The Labute approximate surface area is 148 Å². The van der Waals surface area contributed by atoms with Gasteiger partial charge in [0.15, 0.2) is 0 Å². The van der Waals surface area contributed by atoms with Gasteiger partial charge in [-0.15, -0.1) is 0 Å². The Kier molecular flexibility index (Phi) is 6.00. The predicted octanol–water partition coefficient (Wildman–Crippen LogP) is 2.27. The molecule has 0 fully saturated rings. The van der Waals surface area contributed by atoms with E-state index in [1.165, 1.54) is 36.5 Å². The van der Waals surface area contributed by atoms with Gasteiger partial charge in [-0.1, -0.05) is 23.2 Å². The summed E-state index contributed by atoms with van der Waals surface area (Å²) in [5.41, 5.74) is 0.168. The molecule has 7 nitrogen and oxygen atoms in total. The first-order chi connectivity index (χ1) is 11.3. The maximum Gasteiger partial charge on any atom is 0.339 e. The fourth-order valence-corrected chi connectivity index (χ4v) is 2.42. The lowest BCUT2D eigenvalue weighted by Gasteiger charge is -2.08. The number of primary sulfonamides is 1. The van der Waals surface area contributed by atoms with Crippen molar-refractivity contribution in [2.24, 2.45) is 5.14 Å². The molecule has 128 valence electrons. The van der Waals surface area contributed by atoms with Gasteiger partial charge in [0.2, 0.25) is 10.0 Å². The molecule has 0 atom stereocenters. The number of nitrogens with two attached hydrogens (primary N) is 1. The number of aromatic nitrogens is 1. The molecule has 0 saturated carbocycles. The minimum atomic E-state index is -3.74. The Hall–Kier alpha value is -1.87. The van der Waals surface area contributed by atoms with Crippen LogP contribution in [0.1, 0.15) is 10.4 Å². The van der Waals surface area contributed by atoms with Crippen molar-refractivity contribution < 1.29 is 22.7 Å². The average molecular weight is 391 g/mol. The molecule has 0 radical (unpaired) electrons. The van der Waals surface area contributed by atoms with Crippen LogP contribution >= 0.6 is 23.2 Å². The zero-order chi connectivity index (χ0) is 17.7. The summed E-state index contributed by atoms with van der Waals surface area (Å²) in [6.45, 7) is 0.0607. The topological polar surface area (TPSA) is 109 Å². The van der Waals surface area contributed by atoms with E-state index in [-0.39, 0.29) is 33.8 Å². The minimum absolute atomic E-state index is 0.0178. The predicted molar refractivity (Wildman–Crippen MR) is 87.8 cm³/mol. The van der Waals surface area contributed by atoms with Gasteiger partial charge in [0, 0.05) is 6.20 Å². The number of halogens is 2. The van der Waals surface area contributed by atoms with Gasteiger partial charge in [0.05, 0.1) is 15.5 Å². The maximum absolute atomic E-state index is 11.8. The summed E-state index contributed by atoms with van der Waals surface area (Å²) >= 11 is 11.4. The van der Waals surface area contributed by atoms with E-state index < -0.39 is 16.0 Å². The van der Waals surface area contributed by atoms with E-state index in [0.29, 0.717) is 5.75 Å². The molecule has 1 aromatic heterocycles. The highest BCUT2D eigenvalue weighted by molar-refractivity contribution is 7.89. The summed E-state index contributed by atoms with van der Waals surface area (Å²) in [4.78, 5) is 15.5. The molecule has 2 N–H and O–H groups in total. The zero-order valence-electron chi connectivity index (χ0n) is 12.1. The fourth-order valence-electron chi connectivity index (χ4n) is 1.64. The largest absolute Gasteiger partial charge is 0.490 e. The van der Waals surface area contributed by atoms with Crippen LogP contribution in [0.3, 0.4) is 0 Å². The summed E-state index contributed by atoms with van der Waals surface area (Å²) in [5.74, 6) is -0.205. The maximum atomic E-state index is 11.8. The molecule has 0 aliphatic carbocycles. The number of benzene rings is 1. The molecule has 10 heteroatoms. The number of hydrogen-bond acceptors (Lipinski definition) is 6. The molecule has 2 aromatic rings. The van der Waals surface area contributed by atoms with E-state index >= 15 is 0 Å². The molecular formula is C14H12Cl2N2O5S. The highest BCUT2D eigenvalue weighted by Crippen LogP contribution is 2.20. The molecule has 0 aliphatic heterocycles. The van der Waals surface area contributed by atoms with Gasteiger partial charge in [-0.2, -0.15) is 0 Å². The third-order valence-electron chi connectivity index (χ3n) is 2.77. The number of hydrogen-bond donors (Lipinski definition) is 1. The van der Waals surface area contributed by atoms with Crippen LogP contribution in [0.4, 0.5) is 0 Å². The highest BCUT2D eigenvalue weighted by Gasteiger charge is 2.11. The first kappa shape index (κ1) is 18.5. The number of carbonyl (C=O) groups is 1. The van der Waals surface area contributed by atoms with Crippen molar-refractivity contribution in [3.05, 3.63) is 52.3 Å². The highest BCUT2D eigenvalue weighted by atomic mass is 35.5. The van der Waals surface area contributed by atoms with Crippen LogP contribution in [0, 0.1) is 0 Å². The summed E-state index contributed by atoms with van der Waals surface area (Å²) in [5, 5.41) is 5.24.